The van der Waals surface area contributed by atoms with Crippen LogP contribution in [0.5, 0.6) is 11.5 Å². The van der Waals surface area contributed by atoms with Gasteiger partial charge in [0.05, 0.1) is 0 Å². The van der Waals surface area contributed by atoms with Crippen LogP contribution < -0.4 is 9.47 Å². The molecule has 1 aromatic rings. The molecule has 3 rings (SSSR count). The summed E-state index contributed by atoms with van der Waals surface area (Å²) >= 11 is 2.73. The van der Waals surface area contributed by atoms with Gasteiger partial charge in [-0.1, -0.05) is 63.1 Å². The van der Waals surface area contributed by atoms with E-state index in [1.807, 2.05) is 26.8 Å². The molecule has 1 aromatic carbocycles. The number of hydrogen-bond acceptors (Lipinski definition) is 2. The van der Waals surface area contributed by atoms with Gasteiger partial charge in [0.15, 0.2) is 5.75 Å². The van der Waals surface area contributed by atoms with E-state index in [0.29, 0.717) is 6.79 Å². The van der Waals surface area contributed by atoms with Gasteiger partial charge >= 0.3 is 37.9 Å². The summed E-state index contributed by atoms with van der Waals surface area (Å²) < 4.78 is 11.7. The minimum atomic E-state index is -0.826. The number of rotatable bonds is 0. The van der Waals surface area contributed by atoms with Gasteiger partial charge in [-0.2, -0.15) is 11.6 Å². The summed E-state index contributed by atoms with van der Waals surface area (Å²) in [5.74, 6) is 1.65. The van der Waals surface area contributed by atoms with Crippen LogP contribution in [0.25, 0.3) is 5.73 Å². The number of hydrogen-bond donors (Lipinski definition) is 0. The third kappa shape index (κ3) is 10.6. The molecule has 1 aliphatic carbocycles. The van der Waals surface area contributed by atoms with Crippen LogP contribution in [0.2, 0.25) is 13.1 Å². The maximum absolute atomic E-state index is 6.94. The van der Waals surface area contributed by atoms with Crippen LogP contribution in [0.1, 0.15) is 38.8 Å². The SMILES string of the molecule is CC(C)(C)[NH-].CC1=[C-]c2cc3c(c(Br)c2C1)OCO3.C[Si]C.[Cl][Zr+2][Cl]. The van der Waals surface area contributed by atoms with Gasteiger partial charge in [0.2, 0.25) is 6.79 Å². The van der Waals surface area contributed by atoms with E-state index in [1.165, 1.54) is 11.1 Å². The fourth-order valence-electron chi connectivity index (χ4n) is 1.86. The fraction of sp³-hybridized carbons (Fsp3) is 0.529. The predicted molar refractivity (Wildman–Crippen MR) is 109 cm³/mol. The summed E-state index contributed by atoms with van der Waals surface area (Å²) in [5.41, 5.74) is 10.3. The van der Waals surface area contributed by atoms with E-state index in [9.17, 15) is 0 Å². The minimum absolute atomic E-state index is 0.250. The fourth-order valence-corrected chi connectivity index (χ4v) is 2.53. The van der Waals surface area contributed by atoms with Crippen LogP contribution in [-0.2, 0) is 27.3 Å². The Morgan fingerprint density at radius 3 is 2.24 bits per heavy atom. The second-order valence-corrected chi connectivity index (χ2v) is 11.9. The van der Waals surface area contributed by atoms with Crippen LogP contribution in [0.15, 0.2) is 16.1 Å². The molecule has 2 aliphatic rings. The molecule has 0 spiro atoms. The van der Waals surface area contributed by atoms with Crippen molar-refractivity contribution < 1.29 is 30.3 Å². The van der Waals surface area contributed by atoms with Gasteiger partial charge in [0, 0.05) is 14.0 Å². The molecule has 1 aliphatic heterocycles. The monoisotopic (exact) mass is 541 g/mol. The summed E-state index contributed by atoms with van der Waals surface area (Å²) in [6, 6.07) is 2.00. The Morgan fingerprint density at radius 2 is 1.76 bits per heavy atom. The molecule has 0 atom stereocenters. The molecule has 138 valence electrons. The Balaban J connectivity index is 0.000000441. The molecule has 0 saturated carbocycles. The van der Waals surface area contributed by atoms with Crippen molar-refractivity contribution >= 4 is 42.5 Å². The second kappa shape index (κ2) is 13.0. The second-order valence-electron chi connectivity index (χ2n) is 6.35. The van der Waals surface area contributed by atoms with E-state index in [2.05, 4.69) is 42.0 Å². The zero-order chi connectivity index (χ0) is 19.6. The first-order chi connectivity index (χ1) is 11.6. The first kappa shape index (κ1) is 25.7. The van der Waals surface area contributed by atoms with Crippen molar-refractivity contribution in [2.45, 2.75) is 52.7 Å². The molecule has 8 heteroatoms. The van der Waals surface area contributed by atoms with Gasteiger partial charge in [-0.15, -0.1) is 22.7 Å². The predicted octanol–water partition coefficient (Wildman–Crippen LogP) is 6.83. The van der Waals surface area contributed by atoms with Crippen molar-refractivity contribution in [2.75, 3.05) is 6.79 Å². The van der Waals surface area contributed by atoms with Gasteiger partial charge in [-0.05, 0) is 0 Å². The first-order valence-corrected chi connectivity index (χ1v) is 16.7. The molecule has 1 heterocycles. The van der Waals surface area contributed by atoms with Crippen LogP contribution in [0.3, 0.4) is 0 Å². The molecule has 0 aromatic heterocycles. The van der Waals surface area contributed by atoms with Crippen molar-refractivity contribution in [1.82, 2.24) is 0 Å². The van der Waals surface area contributed by atoms with Gasteiger partial charge < -0.3 is 15.2 Å². The molecule has 3 nitrogen and oxygen atoms in total. The van der Waals surface area contributed by atoms with Gasteiger partial charge in [-0.25, -0.2) is 0 Å². The van der Waals surface area contributed by atoms with Gasteiger partial charge in [0.1, 0.15) is 5.75 Å². The van der Waals surface area contributed by atoms with E-state index < -0.39 is 20.8 Å². The Morgan fingerprint density at radius 1 is 1.28 bits per heavy atom. The number of fused-ring (bicyclic) bond motifs is 2. The van der Waals surface area contributed by atoms with E-state index in [-0.39, 0.29) is 5.54 Å². The Kier molecular flexibility index (Phi) is 13.3. The normalized spacial score (nSPS) is 13.0. The van der Waals surface area contributed by atoms with Crippen molar-refractivity contribution in [3.8, 4) is 11.5 Å². The summed E-state index contributed by atoms with van der Waals surface area (Å²) in [6.45, 7) is 12.3. The van der Waals surface area contributed by atoms with Crippen molar-refractivity contribution in [3.63, 3.8) is 0 Å². The summed E-state index contributed by atoms with van der Waals surface area (Å²) in [6.07, 6.45) is 4.27. The first-order valence-electron chi connectivity index (χ1n) is 7.59. The molecular weight excluding hydrogens is 520 g/mol. The van der Waals surface area contributed by atoms with Crippen molar-refractivity contribution in [3.05, 3.63) is 39.0 Å². The number of allylic oxidation sites excluding steroid dienone is 1. The van der Waals surface area contributed by atoms with E-state index >= 15 is 0 Å². The van der Waals surface area contributed by atoms with Gasteiger partial charge in [0.25, 0.3) is 0 Å². The van der Waals surface area contributed by atoms with E-state index in [1.54, 1.807) is 0 Å². The third-order valence-corrected chi connectivity index (χ3v) is 3.34. The zero-order valence-corrected chi connectivity index (χ0v) is 22.0. The zero-order valence-electron chi connectivity index (χ0n) is 15.4. The molecule has 0 amide bonds. The Labute approximate surface area is 181 Å². The quantitative estimate of drug-likeness (QED) is 0.265. The number of ether oxygens (including phenoxy) is 2. The Bertz CT molecular complexity index is 573. The number of halogens is 3. The molecule has 0 bridgehead atoms. The molecular formula is C17H24BrCl2NO2SiZr. The summed E-state index contributed by atoms with van der Waals surface area (Å²) in [4.78, 5) is 0. The van der Waals surface area contributed by atoms with Gasteiger partial charge in [-0.3, -0.25) is 0 Å². The van der Waals surface area contributed by atoms with Crippen molar-refractivity contribution in [1.29, 1.82) is 0 Å². The van der Waals surface area contributed by atoms with Crippen molar-refractivity contribution in [2.24, 2.45) is 0 Å². The molecule has 2 radical (unpaired) electrons. The number of nitrogens with one attached hydrogen (secondary N) is 1. The molecule has 0 unspecified atom stereocenters. The summed E-state index contributed by atoms with van der Waals surface area (Å²) in [5, 5.41) is 0. The van der Waals surface area contributed by atoms with E-state index in [4.69, 9.17) is 32.2 Å². The summed E-state index contributed by atoms with van der Waals surface area (Å²) in [7, 11) is 11.0. The number of benzene rings is 1. The van der Waals surface area contributed by atoms with Crippen LogP contribution in [0.4, 0.5) is 0 Å². The van der Waals surface area contributed by atoms with Crippen LogP contribution in [0, 0.1) is 6.08 Å². The average Bonchev–Trinajstić information content (AvgIpc) is 3.05. The molecule has 0 saturated heterocycles. The molecule has 25 heavy (non-hydrogen) atoms. The van der Waals surface area contributed by atoms with E-state index in [0.717, 1.165) is 37.5 Å². The Hall–Kier alpha value is 0.680. The molecule has 0 fully saturated rings. The average molecular weight is 545 g/mol. The molecule has 1 N–H and O–H groups in total. The standard InChI is InChI=1S/C11H8BrO2.C4H10N.C2H6Si.2ClH.Zr/c1-6-2-7-4-9-11(14-5-13-9)10(12)8(7)3-6;1-4(2,3)5;1-3-2;;;/h4H,3,5H2,1H3;5H,1-3H3;1-2H3;2*1H;/q2*-1;;;;+4/p-2. The maximum atomic E-state index is 6.94. The van der Waals surface area contributed by atoms with Crippen LogP contribution in [-0.4, -0.2) is 21.9 Å². The topological polar surface area (TPSA) is 42.3 Å². The third-order valence-electron chi connectivity index (χ3n) is 2.50. The van der Waals surface area contributed by atoms with Crippen LogP contribution >= 0.6 is 33.0 Å².